The summed E-state index contributed by atoms with van der Waals surface area (Å²) in [5, 5.41) is 8.57. The first-order valence-corrected chi connectivity index (χ1v) is 4.27. The molecule has 1 N–H and O–H groups in total. The maximum absolute atomic E-state index is 9.97. The van der Waals surface area contributed by atoms with Crippen molar-refractivity contribution in [2.75, 3.05) is 6.54 Å². The molecule has 0 bridgehead atoms. The van der Waals surface area contributed by atoms with Crippen molar-refractivity contribution >= 4 is 11.3 Å². The van der Waals surface area contributed by atoms with E-state index in [4.69, 9.17) is 5.21 Å². The molecule has 0 spiro atoms. The van der Waals surface area contributed by atoms with Crippen molar-refractivity contribution in [2.24, 2.45) is 0 Å². The molecule has 62 valence electrons. The minimum absolute atomic E-state index is 0.198. The second kappa shape index (κ2) is 5.79. The van der Waals surface area contributed by atoms with Crippen LogP contribution in [0.3, 0.4) is 0 Å². The topological polar surface area (TPSA) is 63.6 Å². The van der Waals surface area contributed by atoms with E-state index in [1.807, 2.05) is 6.92 Å². The summed E-state index contributed by atoms with van der Waals surface area (Å²) in [6.07, 6.45) is 2.66. The van der Waals surface area contributed by atoms with Gasteiger partial charge in [0, 0.05) is 17.8 Å². The SMILES string of the molecule is CCCCCN(O)S(=O)[O-]. The molecule has 0 saturated heterocycles. The van der Waals surface area contributed by atoms with E-state index in [1.165, 1.54) is 0 Å². The lowest BCUT2D eigenvalue weighted by Crippen LogP contribution is -2.22. The number of hydrogen-bond donors (Lipinski definition) is 1. The zero-order valence-corrected chi connectivity index (χ0v) is 6.76. The fourth-order valence-electron chi connectivity index (χ4n) is 0.572. The van der Waals surface area contributed by atoms with Gasteiger partial charge in [-0.25, -0.2) is 0 Å². The van der Waals surface area contributed by atoms with Gasteiger partial charge in [-0.2, -0.15) is 0 Å². The normalized spacial score (nSPS) is 14.0. The summed E-state index contributed by atoms with van der Waals surface area (Å²) in [6, 6.07) is 0. The molecule has 0 amide bonds. The molecule has 0 heterocycles. The molecule has 0 fully saturated rings. The lowest BCUT2D eigenvalue weighted by Gasteiger charge is -2.15. The predicted octanol–water partition coefficient (Wildman–Crippen LogP) is 0.662. The molecule has 5 heteroatoms. The first kappa shape index (κ1) is 10.0. The van der Waals surface area contributed by atoms with E-state index >= 15 is 0 Å². The van der Waals surface area contributed by atoms with Crippen LogP contribution in [-0.2, 0) is 11.3 Å². The Kier molecular flexibility index (Phi) is 5.81. The molecule has 0 aromatic carbocycles. The smallest absolute Gasteiger partial charge is 0.0453 e. The van der Waals surface area contributed by atoms with Crippen LogP contribution in [-0.4, -0.2) is 25.0 Å². The second-order valence-corrected chi connectivity index (χ2v) is 2.86. The van der Waals surface area contributed by atoms with Gasteiger partial charge in [0.25, 0.3) is 0 Å². The van der Waals surface area contributed by atoms with Gasteiger partial charge >= 0.3 is 0 Å². The Bertz CT molecular complexity index is 109. The highest BCUT2D eigenvalue weighted by atomic mass is 32.2. The third-order valence-electron chi connectivity index (χ3n) is 1.13. The quantitative estimate of drug-likeness (QED) is 0.371. The Morgan fingerprint density at radius 3 is 2.60 bits per heavy atom. The van der Waals surface area contributed by atoms with Crippen LogP contribution in [0.4, 0.5) is 0 Å². The van der Waals surface area contributed by atoms with Gasteiger partial charge in [0.15, 0.2) is 0 Å². The third-order valence-corrected chi connectivity index (χ3v) is 1.65. The van der Waals surface area contributed by atoms with Gasteiger partial charge in [0.05, 0.1) is 0 Å². The van der Waals surface area contributed by atoms with Gasteiger partial charge in [-0.15, -0.1) is 4.47 Å². The minimum Gasteiger partial charge on any atom is -0.758 e. The van der Waals surface area contributed by atoms with Crippen LogP contribution < -0.4 is 0 Å². The largest absolute Gasteiger partial charge is 0.758 e. The van der Waals surface area contributed by atoms with Gasteiger partial charge < -0.3 is 9.76 Å². The monoisotopic (exact) mass is 166 g/mol. The molecule has 0 aromatic heterocycles. The Labute approximate surface area is 63.2 Å². The van der Waals surface area contributed by atoms with Crippen LogP contribution in [0.1, 0.15) is 26.2 Å². The van der Waals surface area contributed by atoms with Gasteiger partial charge in [-0.3, -0.25) is 4.21 Å². The minimum atomic E-state index is -2.47. The van der Waals surface area contributed by atoms with E-state index in [0.29, 0.717) is 10.9 Å². The van der Waals surface area contributed by atoms with E-state index < -0.39 is 11.3 Å². The zero-order valence-electron chi connectivity index (χ0n) is 5.95. The van der Waals surface area contributed by atoms with Crippen molar-refractivity contribution < 1.29 is 14.0 Å². The lowest BCUT2D eigenvalue weighted by molar-refractivity contribution is -0.000320. The van der Waals surface area contributed by atoms with Crippen molar-refractivity contribution in [3.05, 3.63) is 0 Å². The molecule has 0 aliphatic carbocycles. The van der Waals surface area contributed by atoms with E-state index in [1.54, 1.807) is 0 Å². The summed E-state index contributed by atoms with van der Waals surface area (Å²) in [5.41, 5.74) is 0. The van der Waals surface area contributed by atoms with E-state index in [9.17, 15) is 8.76 Å². The van der Waals surface area contributed by atoms with Crippen LogP contribution in [0.15, 0.2) is 0 Å². The van der Waals surface area contributed by atoms with Crippen molar-refractivity contribution in [1.82, 2.24) is 4.47 Å². The molecule has 0 rings (SSSR count). The van der Waals surface area contributed by atoms with Crippen molar-refractivity contribution in [3.8, 4) is 0 Å². The van der Waals surface area contributed by atoms with Crippen molar-refractivity contribution in [2.45, 2.75) is 26.2 Å². The molecule has 1 unspecified atom stereocenters. The van der Waals surface area contributed by atoms with Crippen LogP contribution >= 0.6 is 0 Å². The van der Waals surface area contributed by atoms with Gasteiger partial charge in [-0.05, 0) is 6.42 Å². The molecule has 0 saturated carbocycles. The van der Waals surface area contributed by atoms with E-state index in [0.717, 1.165) is 12.8 Å². The van der Waals surface area contributed by atoms with Crippen LogP contribution in [0.2, 0.25) is 0 Å². The lowest BCUT2D eigenvalue weighted by atomic mass is 10.3. The molecular weight excluding hydrogens is 154 g/mol. The molecule has 4 nitrogen and oxygen atoms in total. The average molecular weight is 166 g/mol. The second-order valence-electron chi connectivity index (χ2n) is 2.00. The molecule has 10 heavy (non-hydrogen) atoms. The number of nitrogens with zero attached hydrogens (tertiary/aromatic N) is 1. The Morgan fingerprint density at radius 2 is 2.20 bits per heavy atom. The maximum Gasteiger partial charge on any atom is 0.0453 e. The Balaban J connectivity index is 3.21. The molecule has 0 aromatic rings. The first-order valence-electron chi connectivity index (χ1n) is 3.24. The highest BCUT2D eigenvalue weighted by Crippen LogP contribution is 1.96. The standard InChI is InChI=1S/C5H13NO3S/c1-2-3-4-5-6(7)10(8)9/h7H,2-5H2,1H3,(H,8,9)/p-1. The number of hydroxylamine groups is 1. The summed E-state index contributed by atoms with van der Waals surface area (Å²) in [4.78, 5) is 0. The Morgan fingerprint density at radius 1 is 1.60 bits per heavy atom. The fourth-order valence-corrected chi connectivity index (χ4v) is 0.850. The van der Waals surface area contributed by atoms with Crippen LogP contribution in [0, 0.1) is 0 Å². The van der Waals surface area contributed by atoms with E-state index in [-0.39, 0.29) is 6.54 Å². The number of hydrogen-bond acceptors (Lipinski definition) is 3. The number of unbranched alkanes of at least 4 members (excludes halogenated alkanes) is 2. The summed E-state index contributed by atoms with van der Waals surface area (Å²) >= 11 is -2.47. The fraction of sp³-hybridized carbons (Fsp3) is 1.00. The highest BCUT2D eigenvalue weighted by molar-refractivity contribution is 7.76. The highest BCUT2D eigenvalue weighted by Gasteiger charge is 1.97. The van der Waals surface area contributed by atoms with Gasteiger partial charge in [-0.1, -0.05) is 19.8 Å². The van der Waals surface area contributed by atoms with Gasteiger partial charge in [0.2, 0.25) is 0 Å². The predicted molar refractivity (Wildman–Crippen MR) is 36.9 cm³/mol. The van der Waals surface area contributed by atoms with E-state index in [2.05, 4.69) is 0 Å². The molecule has 0 radical (unpaired) electrons. The average Bonchev–Trinajstić information content (AvgIpc) is 1.88. The number of rotatable bonds is 5. The summed E-state index contributed by atoms with van der Waals surface area (Å²) in [6.45, 7) is 2.21. The molecule has 1 atom stereocenters. The summed E-state index contributed by atoms with van der Waals surface area (Å²) in [5.74, 6) is 0. The van der Waals surface area contributed by atoms with Gasteiger partial charge in [0.1, 0.15) is 0 Å². The molecule has 0 aliphatic heterocycles. The van der Waals surface area contributed by atoms with Crippen molar-refractivity contribution in [1.29, 1.82) is 0 Å². The maximum atomic E-state index is 9.97. The third kappa shape index (κ3) is 4.87. The zero-order chi connectivity index (χ0) is 7.98. The van der Waals surface area contributed by atoms with Crippen LogP contribution in [0.25, 0.3) is 0 Å². The summed E-state index contributed by atoms with van der Waals surface area (Å²) in [7, 11) is 0. The van der Waals surface area contributed by atoms with Crippen molar-refractivity contribution in [3.63, 3.8) is 0 Å². The summed E-state index contributed by atoms with van der Waals surface area (Å²) < 4.78 is 20.3. The van der Waals surface area contributed by atoms with Crippen LogP contribution in [0.5, 0.6) is 0 Å². The Hall–Kier alpha value is 0.0300. The molecule has 0 aliphatic rings. The molecular formula is C5H12NO3S-. The first-order chi connectivity index (χ1) is 4.68.